The predicted octanol–water partition coefficient (Wildman–Crippen LogP) is 2.74. The molecule has 1 N–H and O–H groups in total. The number of rotatable bonds is 5. The minimum atomic E-state index is 0.374. The van der Waals surface area contributed by atoms with E-state index in [2.05, 4.69) is 11.4 Å². The van der Waals surface area contributed by atoms with Crippen molar-refractivity contribution in [3.63, 3.8) is 0 Å². The van der Waals surface area contributed by atoms with E-state index in [4.69, 9.17) is 9.47 Å². The van der Waals surface area contributed by atoms with Gasteiger partial charge >= 0.3 is 0 Å². The summed E-state index contributed by atoms with van der Waals surface area (Å²) >= 11 is 0. The molecule has 2 rings (SSSR count). The summed E-state index contributed by atoms with van der Waals surface area (Å²) in [6.45, 7) is 0.847. The van der Waals surface area contributed by atoms with Gasteiger partial charge in [0.1, 0.15) is 0 Å². The smallest absolute Gasteiger partial charge is 0.161 e. The fraction of sp³-hybridized carbons (Fsp3) is 0.571. The summed E-state index contributed by atoms with van der Waals surface area (Å²) in [5, 5.41) is 3.13. The van der Waals surface area contributed by atoms with Crippen molar-refractivity contribution in [2.24, 2.45) is 0 Å². The summed E-state index contributed by atoms with van der Waals surface area (Å²) in [6.07, 6.45) is 5.28. The highest BCUT2D eigenvalue weighted by Crippen LogP contribution is 2.32. The quantitative estimate of drug-likeness (QED) is 0.851. The van der Waals surface area contributed by atoms with Crippen LogP contribution in [0.4, 0.5) is 0 Å². The van der Waals surface area contributed by atoms with E-state index in [1.54, 1.807) is 7.11 Å². The largest absolute Gasteiger partial charge is 0.493 e. The third kappa shape index (κ3) is 3.13. The molecule has 0 unspecified atom stereocenters. The Bertz CT molecular complexity index is 359. The molecule has 0 spiro atoms. The van der Waals surface area contributed by atoms with Gasteiger partial charge in [0.05, 0.1) is 13.2 Å². The molecule has 0 bridgehead atoms. The van der Waals surface area contributed by atoms with Crippen LogP contribution < -0.4 is 14.8 Å². The van der Waals surface area contributed by atoms with Gasteiger partial charge in [0, 0.05) is 6.54 Å². The van der Waals surface area contributed by atoms with Crippen molar-refractivity contribution in [3.8, 4) is 11.5 Å². The van der Waals surface area contributed by atoms with Gasteiger partial charge in [0.2, 0.25) is 0 Å². The average molecular weight is 235 g/mol. The minimum absolute atomic E-state index is 0.374. The van der Waals surface area contributed by atoms with Gasteiger partial charge in [-0.05, 0) is 50.4 Å². The maximum Gasteiger partial charge on any atom is 0.161 e. The lowest BCUT2D eigenvalue weighted by atomic mass is 10.2. The molecule has 1 aromatic carbocycles. The van der Waals surface area contributed by atoms with Gasteiger partial charge in [-0.2, -0.15) is 0 Å². The van der Waals surface area contributed by atoms with Gasteiger partial charge in [-0.15, -0.1) is 0 Å². The Morgan fingerprint density at radius 3 is 2.65 bits per heavy atom. The Kier molecular flexibility index (Phi) is 4.26. The number of hydrogen-bond acceptors (Lipinski definition) is 3. The van der Waals surface area contributed by atoms with Crippen molar-refractivity contribution in [3.05, 3.63) is 23.8 Å². The maximum absolute atomic E-state index is 5.99. The molecule has 3 nitrogen and oxygen atoms in total. The molecule has 0 aliphatic heterocycles. The van der Waals surface area contributed by atoms with E-state index in [9.17, 15) is 0 Å². The molecule has 1 aliphatic carbocycles. The van der Waals surface area contributed by atoms with Crippen LogP contribution in [0.25, 0.3) is 0 Å². The van der Waals surface area contributed by atoms with Gasteiger partial charge in [-0.25, -0.2) is 0 Å². The Morgan fingerprint density at radius 1 is 1.24 bits per heavy atom. The van der Waals surface area contributed by atoms with Crippen LogP contribution in [0.1, 0.15) is 31.2 Å². The lowest BCUT2D eigenvalue weighted by Crippen LogP contribution is -2.12. The number of ether oxygens (including phenoxy) is 2. The summed E-state index contributed by atoms with van der Waals surface area (Å²) < 4.78 is 11.4. The second kappa shape index (κ2) is 5.92. The van der Waals surface area contributed by atoms with Gasteiger partial charge in [0.15, 0.2) is 11.5 Å². The minimum Gasteiger partial charge on any atom is -0.493 e. The number of methoxy groups -OCH3 is 1. The van der Waals surface area contributed by atoms with Crippen molar-refractivity contribution in [2.75, 3.05) is 14.2 Å². The number of hydrogen-bond donors (Lipinski definition) is 1. The van der Waals surface area contributed by atoms with Crippen LogP contribution in [0.5, 0.6) is 11.5 Å². The van der Waals surface area contributed by atoms with Crippen LogP contribution >= 0.6 is 0 Å². The summed E-state index contributed by atoms with van der Waals surface area (Å²) in [5.74, 6) is 1.71. The van der Waals surface area contributed by atoms with Crippen molar-refractivity contribution >= 4 is 0 Å². The van der Waals surface area contributed by atoms with E-state index in [1.165, 1.54) is 31.2 Å². The highest BCUT2D eigenvalue weighted by atomic mass is 16.5. The van der Waals surface area contributed by atoms with E-state index in [1.807, 2.05) is 19.2 Å². The zero-order valence-corrected chi connectivity index (χ0v) is 10.7. The van der Waals surface area contributed by atoms with Crippen LogP contribution in [-0.2, 0) is 6.54 Å². The first-order valence-electron chi connectivity index (χ1n) is 6.31. The predicted molar refractivity (Wildman–Crippen MR) is 68.6 cm³/mol. The molecule has 1 aliphatic rings. The number of nitrogens with one attached hydrogen (secondary N) is 1. The highest BCUT2D eigenvalue weighted by Gasteiger charge is 2.18. The molecule has 0 heterocycles. The standard InChI is InChI=1S/C14H21NO2/c1-15-10-11-7-8-13(14(9-11)16-2)17-12-5-3-4-6-12/h7-9,12,15H,3-6,10H2,1-2H3. The van der Waals surface area contributed by atoms with Crippen molar-refractivity contribution < 1.29 is 9.47 Å². The third-order valence-electron chi connectivity index (χ3n) is 3.20. The molecule has 3 heteroatoms. The topological polar surface area (TPSA) is 30.5 Å². The molecule has 0 saturated heterocycles. The fourth-order valence-corrected chi connectivity index (χ4v) is 2.31. The van der Waals surface area contributed by atoms with Gasteiger partial charge in [-0.3, -0.25) is 0 Å². The second-order valence-electron chi connectivity index (χ2n) is 4.54. The average Bonchev–Trinajstić information content (AvgIpc) is 2.84. The summed E-state index contributed by atoms with van der Waals surface area (Å²) in [7, 11) is 3.63. The lowest BCUT2D eigenvalue weighted by molar-refractivity contribution is 0.200. The van der Waals surface area contributed by atoms with Crippen LogP contribution in [0.2, 0.25) is 0 Å². The van der Waals surface area contributed by atoms with E-state index >= 15 is 0 Å². The molecule has 0 amide bonds. The zero-order chi connectivity index (χ0) is 12.1. The van der Waals surface area contributed by atoms with Gasteiger partial charge in [0.25, 0.3) is 0 Å². The molecular formula is C14H21NO2. The lowest BCUT2D eigenvalue weighted by Gasteiger charge is -2.16. The Hall–Kier alpha value is -1.22. The summed E-state index contributed by atoms with van der Waals surface area (Å²) in [5.41, 5.74) is 1.21. The zero-order valence-electron chi connectivity index (χ0n) is 10.7. The first-order valence-corrected chi connectivity index (χ1v) is 6.31. The molecule has 0 atom stereocenters. The van der Waals surface area contributed by atoms with E-state index < -0.39 is 0 Å². The molecule has 1 aromatic rings. The van der Waals surface area contributed by atoms with Crippen molar-refractivity contribution in [1.82, 2.24) is 5.32 Å². The van der Waals surface area contributed by atoms with E-state index in [0.717, 1.165) is 18.0 Å². The third-order valence-corrected chi connectivity index (χ3v) is 3.20. The normalized spacial score (nSPS) is 16.1. The molecule has 17 heavy (non-hydrogen) atoms. The molecule has 1 fully saturated rings. The molecule has 0 radical (unpaired) electrons. The summed E-state index contributed by atoms with van der Waals surface area (Å²) in [4.78, 5) is 0. The maximum atomic E-state index is 5.99. The summed E-state index contributed by atoms with van der Waals surface area (Å²) in [6, 6.07) is 6.15. The van der Waals surface area contributed by atoms with Crippen molar-refractivity contribution in [2.45, 2.75) is 38.3 Å². The SMILES string of the molecule is CNCc1ccc(OC2CCCC2)c(OC)c1. The van der Waals surface area contributed by atoms with Crippen LogP contribution in [0.15, 0.2) is 18.2 Å². The molecule has 1 saturated carbocycles. The Morgan fingerprint density at radius 2 is 2.00 bits per heavy atom. The molecular weight excluding hydrogens is 214 g/mol. The van der Waals surface area contributed by atoms with Crippen LogP contribution in [0, 0.1) is 0 Å². The van der Waals surface area contributed by atoms with Gasteiger partial charge < -0.3 is 14.8 Å². The fourth-order valence-electron chi connectivity index (χ4n) is 2.31. The monoisotopic (exact) mass is 235 g/mol. The van der Waals surface area contributed by atoms with Crippen LogP contribution in [0.3, 0.4) is 0 Å². The highest BCUT2D eigenvalue weighted by molar-refractivity contribution is 5.43. The number of benzene rings is 1. The van der Waals surface area contributed by atoms with E-state index in [-0.39, 0.29) is 0 Å². The Labute approximate surface area is 103 Å². The first-order chi connectivity index (χ1) is 8.33. The second-order valence-corrected chi connectivity index (χ2v) is 4.54. The first kappa shape index (κ1) is 12.2. The Balaban J connectivity index is 2.09. The van der Waals surface area contributed by atoms with Crippen molar-refractivity contribution in [1.29, 1.82) is 0 Å². The van der Waals surface area contributed by atoms with Gasteiger partial charge in [-0.1, -0.05) is 6.07 Å². The van der Waals surface area contributed by atoms with E-state index in [0.29, 0.717) is 6.10 Å². The molecule has 94 valence electrons. The molecule has 0 aromatic heterocycles. The van der Waals surface area contributed by atoms with Crippen LogP contribution in [-0.4, -0.2) is 20.3 Å².